The molecule has 1 heterocycles. The molecule has 2 nitrogen and oxygen atoms in total. The molecule has 90 valence electrons. The number of ether oxygens (including phenoxy) is 1. The molecular weight excluding hydrogens is 210 g/mol. The van der Waals surface area contributed by atoms with Crippen molar-refractivity contribution in [3.05, 3.63) is 41.1 Å². The van der Waals surface area contributed by atoms with E-state index in [1.807, 2.05) is 0 Å². The van der Waals surface area contributed by atoms with E-state index in [4.69, 9.17) is 4.74 Å². The zero-order valence-corrected chi connectivity index (χ0v) is 10.8. The van der Waals surface area contributed by atoms with E-state index < -0.39 is 0 Å². The maximum atomic E-state index is 5.37. The average Bonchev–Trinajstić information content (AvgIpc) is 2.66. The first kappa shape index (κ1) is 10.7. The maximum Gasteiger partial charge on any atom is 0.119 e. The standard InChI is InChI=1S/C15H19NO/c1-15-8-9-16(2)14(15)7-5-11-4-6-12(17-3)10-13(11)15/h4,6-7,10H,5,8-9H2,1-3H3/t15-/m1/s1. The van der Waals surface area contributed by atoms with E-state index >= 15 is 0 Å². The molecule has 17 heavy (non-hydrogen) atoms. The molecule has 1 atom stereocenters. The Bertz CT molecular complexity index is 492. The summed E-state index contributed by atoms with van der Waals surface area (Å²) >= 11 is 0. The molecule has 1 aromatic rings. The van der Waals surface area contributed by atoms with Gasteiger partial charge in [0.2, 0.25) is 0 Å². The van der Waals surface area contributed by atoms with E-state index in [1.54, 1.807) is 7.11 Å². The molecule has 2 heteroatoms. The molecule has 3 rings (SSSR count). The number of benzene rings is 1. The minimum absolute atomic E-state index is 0.191. The highest BCUT2D eigenvalue weighted by Crippen LogP contribution is 2.47. The molecule has 0 aromatic heterocycles. The van der Waals surface area contributed by atoms with Crippen LogP contribution in [0.3, 0.4) is 0 Å². The second-order valence-corrected chi connectivity index (χ2v) is 5.32. The van der Waals surface area contributed by atoms with Gasteiger partial charge in [-0.1, -0.05) is 12.1 Å². The number of nitrogens with zero attached hydrogens (tertiary/aromatic N) is 1. The Morgan fingerprint density at radius 3 is 2.94 bits per heavy atom. The summed E-state index contributed by atoms with van der Waals surface area (Å²) in [7, 11) is 3.94. The second kappa shape index (κ2) is 3.52. The topological polar surface area (TPSA) is 12.5 Å². The summed E-state index contributed by atoms with van der Waals surface area (Å²) in [6.07, 6.45) is 4.64. The van der Waals surface area contributed by atoms with Crippen molar-refractivity contribution < 1.29 is 4.74 Å². The Hall–Kier alpha value is -1.44. The highest BCUT2D eigenvalue weighted by atomic mass is 16.5. The fraction of sp³-hybridized carbons (Fsp3) is 0.467. The van der Waals surface area contributed by atoms with Gasteiger partial charge in [-0.3, -0.25) is 0 Å². The molecule has 1 aliphatic heterocycles. The summed E-state index contributed by atoms with van der Waals surface area (Å²) in [6, 6.07) is 6.51. The summed E-state index contributed by atoms with van der Waals surface area (Å²) in [5, 5.41) is 0. The Kier molecular flexibility index (Phi) is 2.22. The van der Waals surface area contributed by atoms with Crippen LogP contribution in [0.15, 0.2) is 30.0 Å². The van der Waals surface area contributed by atoms with Crippen LogP contribution in [0.1, 0.15) is 24.5 Å². The van der Waals surface area contributed by atoms with Crippen molar-refractivity contribution in [2.24, 2.45) is 0 Å². The predicted molar refractivity (Wildman–Crippen MR) is 69.4 cm³/mol. The summed E-state index contributed by atoms with van der Waals surface area (Å²) < 4.78 is 5.37. The van der Waals surface area contributed by atoms with Gasteiger partial charge < -0.3 is 9.64 Å². The Balaban J connectivity index is 2.15. The van der Waals surface area contributed by atoms with Crippen molar-refractivity contribution in [1.29, 1.82) is 0 Å². The third kappa shape index (κ3) is 1.40. The minimum atomic E-state index is 0.191. The van der Waals surface area contributed by atoms with E-state index in [9.17, 15) is 0 Å². The average molecular weight is 229 g/mol. The molecular formula is C15H19NO. The molecule has 0 bridgehead atoms. The smallest absolute Gasteiger partial charge is 0.119 e. The van der Waals surface area contributed by atoms with Crippen LogP contribution in [0.5, 0.6) is 5.75 Å². The summed E-state index contributed by atoms with van der Waals surface area (Å²) in [6.45, 7) is 3.51. The number of fused-ring (bicyclic) bond motifs is 3. The van der Waals surface area contributed by atoms with Crippen molar-refractivity contribution in [2.75, 3.05) is 20.7 Å². The van der Waals surface area contributed by atoms with Gasteiger partial charge in [0, 0.05) is 24.7 Å². The van der Waals surface area contributed by atoms with Gasteiger partial charge in [0.05, 0.1) is 7.11 Å². The predicted octanol–water partition coefficient (Wildman–Crippen LogP) is 2.73. The van der Waals surface area contributed by atoms with Gasteiger partial charge in [-0.15, -0.1) is 0 Å². The van der Waals surface area contributed by atoms with Crippen LogP contribution in [-0.4, -0.2) is 25.6 Å². The van der Waals surface area contributed by atoms with Crippen molar-refractivity contribution in [1.82, 2.24) is 4.90 Å². The number of allylic oxidation sites excluding steroid dienone is 2. The molecule has 1 fully saturated rings. The van der Waals surface area contributed by atoms with Crippen LogP contribution in [-0.2, 0) is 11.8 Å². The van der Waals surface area contributed by atoms with Crippen LogP contribution in [0.2, 0.25) is 0 Å². The first-order chi connectivity index (χ1) is 8.15. The lowest BCUT2D eigenvalue weighted by atomic mass is 9.73. The van der Waals surface area contributed by atoms with Crippen molar-refractivity contribution in [3.8, 4) is 5.75 Å². The molecule has 0 amide bonds. The zero-order chi connectivity index (χ0) is 12.0. The molecule has 0 spiro atoms. The van der Waals surface area contributed by atoms with Crippen molar-refractivity contribution >= 4 is 0 Å². The molecule has 1 saturated heterocycles. The van der Waals surface area contributed by atoms with E-state index in [-0.39, 0.29) is 5.41 Å². The number of likely N-dealkylation sites (N-methyl/N-ethyl adjacent to an activating group) is 1. The zero-order valence-electron chi connectivity index (χ0n) is 10.8. The lowest BCUT2D eigenvalue weighted by Gasteiger charge is -2.34. The molecule has 0 N–H and O–H groups in total. The van der Waals surface area contributed by atoms with Crippen LogP contribution in [0, 0.1) is 0 Å². The van der Waals surface area contributed by atoms with E-state index in [1.165, 1.54) is 23.2 Å². The van der Waals surface area contributed by atoms with Crippen LogP contribution in [0.4, 0.5) is 0 Å². The fourth-order valence-electron chi connectivity index (χ4n) is 3.30. The lowest BCUT2D eigenvalue weighted by Crippen LogP contribution is -2.28. The number of likely N-dealkylation sites (tertiary alicyclic amines) is 1. The van der Waals surface area contributed by atoms with Crippen LogP contribution in [0.25, 0.3) is 0 Å². The van der Waals surface area contributed by atoms with Gasteiger partial charge in [-0.05, 0) is 43.0 Å². The fourth-order valence-corrected chi connectivity index (χ4v) is 3.30. The molecule has 1 aromatic carbocycles. The van der Waals surface area contributed by atoms with Crippen LogP contribution >= 0.6 is 0 Å². The van der Waals surface area contributed by atoms with E-state index in [0.29, 0.717) is 0 Å². The first-order valence-electron chi connectivity index (χ1n) is 6.24. The summed E-state index contributed by atoms with van der Waals surface area (Å²) in [5.41, 5.74) is 4.58. The van der Waals surface area contributed by atoms with Crippen molar-refractivity contribution in [2.45, 2.75) is 25.2 Å². The van der Waals surface area contributed by atoms with Gasteiger partial charge in [-0.2, -0.15) is 0 Å². The molecule has 1 aliphatic carbocycles. The first-order valence-corrected chi connectivity index (χ1v) is 6.24. The third-order valence-electron chi connectivity index (χ3n) is 4.35. The van der Waals surface area contributed by atoms with Gasteiger partial charge in [0.25, 0.3) is 0 Å². The summed E-state index contributed by atoms with van der Waals surface area (Å²) in [5.74, 6) is 0.973. The number of hydrogen-bond acceptors (Lipinski definition) is 2. The van der Waals surface area contributed by atoms with E-state index in [2.05, 4.69) is 43.1 Å². The third-order valence-corrected chi connectivity index (χ3v) is 4.35. The number of hydrogen-bond donors (Lipinski definition) is 0. The van der Waals surface area contributed by atoms with Gasteiger partial charge in [0.15, 0.2) is 0 Å². The van der Waals surface area contributed by atoms with Gasteiger partial charge >= 0.3 is 0 Å². The largest absolute Gasteiger partial charge is 0.497 e. The molecule has 0 radical (unpaired) electrons. The Morgan fingerprint density at radius 1 is 1.35 bits per heavy atom. The maximum absolute atomic E-state index is 5.37. The SMILES string of the molecule is COc1ccc2c(c1)[C@@]1(C)CCN(C)C1=CC2. The monoisotopic (exact) mass is 229 g/mol. The highest BCUT2D eigenvalue weighted by Gasteiger charge is 2.41. The van der Waals surface area contributed by atoms with Gasteiger partial charge in [0.1, 0.15) is 5.75 Å². The Morgan fingerprint density at radius 2 is 2.18 bits per heavy atom. The van der Waals surface area contributed by atoms with E-state index in [0.717, 1.165) is 18.7 Å². The van der Waals surface area contributed by atoms with Crippen LogP contribution < -0.4 is 4.74 Å². The minimum Gasteiger partial charge on any atom is -0.497 e. The normalized spacial score (nSPS) is 26.3. The quantitative estimate of drug-likeness (QED) is 0.734. The number of rotatable bonds is 1. The molecule has 0 saturated carbocycles. The van der Waals surface area contributed by atoms with Crippen molar-refractivity contribution in [3.63, 3.8) is 0 Å². The highest BCUT2D eigenvalue weighted by molar-refractivity contribution is 5.50. The Labute approximate surface area is 103 Å². The second-order valence-electron chi connectivity index (χ2n) is 5.32. The summed E-state index contributed by atoms with van der Waals surface area (Å²) in [4.78, 5) is 2.39. The lowest BCUT2D eigenvalue weighted by molar-refractivity contribution is 0.411. The van der Waals surface area contributed by atoms with Gasteiger partial charge in [-0.25, -0.2) is 0 Å². The molecule has 0 unspecified atom stereocenters. The molecule has 2 aliphatic rings. The number of methoxy groups -OCH3 is 1.